The maximum atomic E-state index is 12.2. The number of hydrogen-bond acceptors (Lipinski definition) is 3. The van der Waals surface area contributed by atoms with Crippen molar-refractivity contribution >= 4 is 47.2 Å². The highest BCUT2D eigenvalue weighted by Crippen LogP contribution is 2.33. The highest BCUT2D eigenvalue weighted by Gasteiger charge is 2.20. The van der Waals surface area contributed by atoms with Gasteiger partial charge in [-0.25, -0.2) is 0 Å². The van der Waals surface area contributed by atoms with Crippen molar-refractivity contribution in [2.24, 2.45) is 0 Å². The molecule has 0 spiro atoms. The third-order valence-electron chi connectivity index (χ3n) is 4.17. The van der Waals surface area contributed by atoms with Gasteiger partial charge in [0.15, 0.2) is 0 Å². The van der Waals surface area contributed by atoms with Gasteiger partial charge >= 0.3 is 0 Å². The molecule has 1 aliphatic heterocycles. The lowest BCUT2D eigenvalue weighted by Crippen LogP contribution is -2.35. The van der Waals surface area contributed by atoms with Crippen LogP contribution in [0.4, 0.5) is 5.69 Å². The average Bonchev–Trinajstić information content (AvgIpc) is 2.60. The van der Waals surface area contributed by atoms with Crippen molar-refractivity contribution < 1.29 is 9.53 Å². The minimum atomic E-state index is 0. The minimum absolute atomic E-state index is 0. The second-order valence-corrected chi connectivity index (χ2v) is 6.82. The van der Waals surface area contributed by atoms with E-state index in [2.05, 4.69) is 5.32 Å². The number of ether oxygens (including phenoxy) is 1. The number of nitrogens with zero attached hydrogens (tertiary/aromatic N) is 1. The van der Waals surface area contributed by atoms with E-state index in [1.165, 1.54) is 0 Å². The third-order valence-corrected chi connectivity index (χ3v) is 4.90. The van der Waals surface area contributed by atoms with Gasteiger partial charge < -0.3 is 15.0 Å². The molecule has 1 amide bonds. The zero-order valence-electron chi connectivity index (χ0n) is 14.4. The number of piperidine rings is 1. The molecule has 1 N–H and O–H groups in total. The van der Waals surface area contributed by atoms with E-state index < -0.39 is 0 Å². The van der Waals surface area contributed by atoms with Gasteiger partial charge in [-0.05, 0) is 50.2 Å². The molecule has 0 bridgehead atoms. The smallest absolute Gasteiger partial charge is 0.226 e. The fourth-order valence-electron chi connectivity index (χ4n) is 2.91. The van der Waals surface area contributed by atoms with E-state index in [0.29, 0.717) is 28.8 Å². The highest BCUT2D eigenvalue weighted by molar-refractivity contribution is 6.42. The van der Waals surface area contributed by atoms with Crippen LogP contribution in [0.2, 0.25) is 10.0 Å². The van der Waals surface area contributed by atoms with Gasteiger partial charge in [-0.15, -0.1) is 12.4 Å². The SMILES string of the molecule is CNCc1cc(N2CCCCC2=O)ccc1Oc1ccc(Cl)c(Cl)c1.Cl. The first-order chi connectivity index (χ1) is 12.1. The number of hydrogen-bond donors (Lipinski definition) is 1. The Kier molecular flexibility index (Phi) is 7.59. The van der Waals surface area contributed by atoms with Crippen LogP contribution in [0, 0.1) is 0 Å². The van der Waals surface area contributed by atoms with Gasteiger partial charge in [-0.2, -0.15) is 0 Å². The van der Waals surface area contributed by atoms with Crippen LogP contribution in [-0.2, 0) is 11.3 Å². The molecule has 7 heteroatoms. The molecule has 0 atom stereocenters. The van der Waals surface area contributed by atoms with Gasteiger partial charge in [0.2, 0.25) is 5.91 Å². The van der Waals surface area contributed by atoms with Crippen LogP contribution in [-0.4, -0.2) is 19.5 Å². The number of benzene rings is 2. The maximum Gasteiger partial charge on any atom is 0.226 e. The normalized spacial score (nSPS) is 14.1. The summed E-state index contributed by atoms with van der Waals surface area (Å²) in [5.74, 6) is 1.52. The first kappa shape index (κ1) is 20.8. The molecule has 0 saturated carbocycles. The summed E-state index contributed by atoms with van der Waals surface area (Å²) in [7, 11) is 1.88. The van der Waals surface area contributed by atoms with Gasteiger partial charge in [-0.1, -0.05) is 23.2 Å². The van der Waals surface area contributed by atoms with Crippen LogP contribution in [0.3, 0.4) is 0 Å². The number of carbonyl (C=O) groups is 1. The highest BCUT2D eigenvalue weighted by atomic mass is 35.5. The Balaban J connectivity index is 0.00000243. The van der Waals surface area contributed by atoms with E-state index in [1.54, 1.807) is 18.2 Å². The quantitative estimate of drug-likeness (QED) is 0.706. The summed E-state index contributed by atoms with van der Waals surface area (Å²) in [5, 5.41) is 4.08. The molecule has 0 unspecified atom stereocenters. The van der Waals surface area contributed by atoms with Crippen molar-refractivity contribution in [2.75, 3.05) is 18.5 Å². The Morgan fingerprint density at radius 2 is 1.92 bits per heavy atom. The van der Waals surface area contributed by atoms with Gasteiger partial charge in [0, 0.05) is 36.8 Å². The van der Waals surface area contributed by atoms with E-state index in [0.717, 1.165) is 36.4 Å². The topological polar surface area (TPSA) is 41.6 Å². The van der Waals surface area contributed by atoms with E-state index in [4.69, 9.17) is 27.9 Å². The molecule has 0 aromatic heterocycles. The monoisotopic (exact) mass is 414 g/mol. The van der Waals surface area contributed by atoms with E-state index in [-0.39, 0.29) is 18.3 Å². The van der Waals surface area contributed by atoms with Crippen LogP contribution in [0.25, 0.3) is 0 Å². The summed E-state index contributed by atoms with van der Waals surface area (Å²) in [6, 6.07) is 11.0. The first-order valence-corrected chi connectivity index (χ1v) is 9.05. The Hall–Kier alpha value is -1.46. The molecule has 26 heavy (non-hydrogen) atoms. The number of rotatable bonds is 5. The molecule has 1 heterocycles. The van der Waals surface area contributed by atoms with Gasteiger partial charge in [0.05, 0.1) is 10.0 Å². The van der Waals surface area contributed by atoms with Crippen molar-refractivity contribution in [1.82, 2.24) is 5.32 Å². The minimum Gasteiger partial charge on any atom is -0.457 e. The van der Waals surface area contributed by atoms with Gasteiger partial charge in [-0.3, -0.25) is 4.79 Å². The molecular formula is C19H21Cl3N2O2. The van der Waals surface area contributed by atoms with Crippen LogP contribution in [0.1, 0.15) is 24.8 Å². The van der Waals surface area contributed by atoms with Crippen LogP contribution in [0.5, 0.6) is 11.5 Å². The number of carbonyl (C=O) groups excluding carboxylic acids is 1. The van der Waals surface area contributed by atoms with E-state index in [1.807, 2.05) is 30.1 Å². The number of nitrogens with one attached hydrogen (secondary N) is 1. The molecule has 2 aromatic carbocycles. The second kappa shape index (κ2) is 9.47. The first-order valence-electron chi connectivity index (χ1n) is 8.29. The van der Waals surface area contributed by atoms with Crippen LogP contribution in [0.15, 0.2) is 36.4 Å². The van der Waals surface area contributed by atoms with Crippen molar-refractivity contribution in [3.05, 3.63) is 52.0 Å². The van der Waals surface area contributed by atoms with E-state index in [9.17, 15) is 4.79 Å². The standard InChI is InChI=1S/C19H20Cl2N2O2.ClH/c1-22-12-13-10-14(23-9-3-2-4-19(23)24)5-8-18(13)25-15-6-7-16(20)17(21)11-15;/h5-8,10-11,22H,2-4,9,12H2,1H3;1H. The molecule has 140 valence electrons. The zero-order valence-corrected chi connectivity index (χ0v) is 16.8. The Labute approximate surface area is 169 Å². The molecule has 1 fully saturated rings. The largest absolute Gasteiger partial charge is 0.457 e. The summed E-state index contributed by atoms with van der Waals surface area (Å²) in [4.78, 5) is 14.0. The maximum absolute atomic E-state index is 12.2. The third kappa shape index (κ3) is 4.83. The molecule has 1 saturated heterocycles. The number of amides is 1. The van der Waals surface area contributed by atoms with Crippen LogP contribution >= 0.6 is 35.6 Å². The molecule has 0 aliphatic carbocycles. The van der Waals surface area contributed by atoms with Crippen molar-refractivity contribution in [3.63, 3.8) is 0 Å². The van der Waals surface area contributed by atoms with Gasteiger partial charge in [0.1, 0.15) is 11.5 Å². The van der Waals surface area contributed by atoms with Crippen molar-refractivity contribution in [3.8, 4) is 11.5 Å². The predicted molar refractivity (Wildman–Crippen MR) is 109 cm³/mol. The summed E-state index contributed by atoms with van der Waals surface area (Å²) < 4.78 is 5.98. The average molecular weight is 416 g/mol. The lowest BCUT2D eigenvalue weighted by Gasteiger charge is -2.27. The molecule has 1 aliphatic rings. The van der Waals surface area contributed by atoms with Crippen molar-refractivity contribution in [1.29, 1.82) is 0 Å². The molecule has 0 radical (unpaired) electrons. The Morgan fingerprint density at radius 1 is 1.12 bits per heavy atom. The molecule has 2 aromatic rings. The number of anilines is 1. The van der Waals surface area contributed by atoms with E-state index >= 15 is 0 Å². The summed E-state index contributed by atoms with van der Waals surface area (Å²) in [6.07, 6.45) is 2.62. The predicted octanol–water partition coefficient (Wildman–Crippen LogP) is 5.44. The lowest BCUT2D eigenvalue weighted by molar-refractivity contribution is -0.119. The summed E-state index contributed by atoms with van der Waals surface area (Å²) in [5.41, 5.74) is 1.89. The zero-order chi connectivity index (χ0) is 17.8. The Bertz CT molecular complexity index is 783. The summed E-state index contributed by atoms with van der Waals surface area (Å²) in [6.45, 7) is 1.40. The fourth-order valence-corrected chi connectivity index (χ4v) is 3.20. The fraction of sp³-hybridized carbons (Fsp3) is 0.316. The Morgan fingerprint density at radius 3 is 2.62 bits per heavy atom. The lowest BCUT2D eigenvalue weighted by atomic mass is 10.1. The second-order valence-electron chi connectivity index (χ2n) is 6.00. The molecular weight excluding hydrogens is 395 g/mol. The summed E-state index contributed by atoms with van der Waals surface area (Å²) >= 11 is 12.0. The number of halogens is 3. The molecule has 3 rings (SSSR count). The van der Waals surface area contributed by atoms with Crippen molar-refractivity contribution in [2.45, 2.75) is 25.8 Å². The van der Waals surface area contributed by atoms with Crippen LogP contribution < -0.4 is 15.0 Å². The molecule has 4 nitrogen and oxygen atoms in total. The van der Waals surface area contributed by atoms with Gasteiger partial charge in [0.25, 0.3) is 0 Å².